The fourth-order valence-electron chi connectivity index (χ4n) is 1.88. The number of hydrogen-bond acceptors (Lipinski definition) is 3. The molecule has 1 aromatic heterocycles. The highest BCUT2D eigenvalue weighted by atomic mass is 16.3. The Balaban J connectivity index is 1.97. The van der Waals surface area contributed by atoms with Crippen LogP contribution < -0.4 is 11.1 Å². The quantitative estimate of drug-likeness (QED) is 0.649. The van der Waals surface area contributed by atoms with Crippen molar-refractivity contribution < 1.29 is 9.21 Å². The van der Waals surface area contributed by atoms with Crippen molar-refractivity contribution >= 4 is 11.9 Å². The number of carbonyl (C=O) groups is 1. The van der Waals surface area contributed by atoms with Crippen LogP contribution in [0.1, 0.15) is 21.9 Å². The number of benzene rings is 1. The Hall–Kier alpha value is -2.76. The zero-order chi connectivity index (χ0) is 15.9. The van der Waals surface area contributed by atoms with E-state index in [1.165, 1.54) is 0 Å². The van der Waals surface area contributed by atoms with Gasteiger partial charge in [0.05, 0.1) is 13.1 Å². The van der Waals surface area contributed by atoms with E-state index in [4.69, 9.17) is 10.2 Å². The second-order valence-corrected chi connectivity index (χ2v) is 5.00. The van der Waals surface area contributed by atoms with E-state index in [2.05, 4.69) is 10.3 Å². The SMILES string of the molecule is CN(C)C(=NCc1ccccc1)NCc1ccc(C(N)=O)o1. The van der Waals surface area contributed by atoms with Crippen LogP contribution in [0.15, 0.2) is 51.9 Å². The molecule has 116 valence electrons. The molecule has 0 saturated heterocycles. The molecule has 0 aliphatic carbocycles. The summed E-state index contributed by atoms with van der Waals surface area (Å²) >= 11 is 0. The predicted octanol–water partition coefficient (Wildman–Crippen LogP) is 1.59. The Morgan fingerprint density at radius 3 is 2.55 bits per heavy atom. The first-order chi connectivity index (χ1) is 10.6. The Bertz CT molecular complexity index is 647. The number of nitrogens with two attached hydrogens (primary N) is 1. The third-order valence-electron chi connectivity index (χ3n) is 3.00. The molecule has 1 heterocycles. The molecule has 0 saturated carbocycles. The van der Waals surface area contributed by atoms with Gasteiger partial charge < -0.3 is 20.4 Å². The molecule has 0 spiro atoms. The van der Waals surface area contributed by atoms with Gasteiger partial charge in [-0.15, -0.1) is 0 Å². The maximum atomic E-state index is 11.0. The molecule has 22 heavy (non-hydrogen) atoms. The first kappa shape index (κ1) is 15.6. The number of furan rings is 1. The number of hydrogen-bond donors (Lipinski definition) is 2. The molecule has 3 N–H and O–H groups in total. The van der Waals surface area contributed by atoms with Crippen molar-refractivity contribution in [2.24, 2.45) is 10.7 Å². The summed E-state index contributed by atoms with van der Waals surface area (Å²) in [5.41, 5.74) is 6.30. The van der Waals surface area contributed by atoms with Gasteiger partial charge in [0.1, 0.15) is 5.76 Å². The van der Waals surface area contributed by atoms with E-state index in [9.17, 15) is 4.79 Å². The highest BCUT2D eigenvalue weighted by Crippen LogP contribution is 2.07. The lowest BCUT2D eigenvalue weighted by atomic mass is 10.2. The number of rotatable bonds is 5. The molecule has 0 radical (unpaired) electrons. The van der Waals surface area contributed by atoms with Crippen LogP contribution >= 0.6 is 0 Å². The number of primary amides is 1. The summed E-state index contributed by atoms with van der Waals surface area (Å²) in [6.07, 6.45) is 0. The topological polar surface area (TPSA) is 83.9 Å². The monoisotopic (exact) mass is 300 g/mol. The lowest BCUT2D eigenvalue weighted by molar-refractivity contribution is 0.0972. The molecule has 6 heteroatoms. The first-order valence-electron chi connectivity index (χ1n) is 6.94. The van der Waals surface area contributed by atoms with Crippen molar-refractivity contribution in [2.45, 2.75) is 13.1 Å². The molecule has 2 rings (SSSR count). The lowest BCUT2D eigenvalue weighted by Crippen LogP contribution is -2.35. The zero-order valence-corrected chi connectivity index (χ0v) is 12.7. The largest absolute Gasteiger partial charge is 0.454 e. The van der Waals surface area contributed by atoms with Gasteiger partial charge >= 0.3 is 0 Å². The van der Waals surface area contributed by atoms with E-state index >= 15 is 0 Å². The Labute approximate surface area is 129 Å². The summed E-state index contributed by atoms with van der Waals surface area (Å²) in [7, 11) is 3.82. The smallest absolute Gasteiger partial charge is 0.284 e. The van der Waals surface area contributed by atoms with Gasteiger partial charge in [0.15, 0.2) is 11.7 Å². The molecular weight excluding hydrogens is 280 g/mol. The highest BCUT2D eigenvalue weighted by molar-refractivity contribution is 5.89. The molecule has 6 nitrogen and oxygen atoms in total. The summed E-state index contributed by atoms with van der Waals surface area (Å²) in [6.45, 7) is 1.02. The standard InChI is InChI=1S/C16H20N4O2/c1-20(2)16(18-10-12-6-4-3-5-7-12)19-11-13-8-9-14(22-13)15(17)21/h3-9H,10-11H2,1-2H3,(H2,17,21)(H,18,19). The minimum Gasteiger partial charge on any atom is -0.454 e. The summed E-state index contributed by atoms with van der Waals surface area (Å²) in [6, 6.07) is 13.3. The third-order valence-corrected chi connectivity index (χ3v) is 3.00. The van der Waals surface area contributed by atoms with Crippen molar-refractivity contribution in [1.29, 1.82) is 0 Å². The average Bonchev–Trinajstić information content (AvgIpc) is 2.97. The van der Waals surface area contributed by atoms with Gasteiger partial charge in [-0.2, -0.15) is 0 Å². The van der Waals surface area contributed by atoms with Gasteiger partial charge in [0.2, 0.25) is 0 Å². The highest BCUT2D eigenvalue weighted by Gasteiger charge is 2.08. The average molecular weight is 300 g/mol. The van der Waals surface area contributed by atoms with E-state index in [1.807, 2.05) is 49.3 Å². The third kappa shape index (κ3) is 4.37. The van der Waals surface area contributed by atoms with Crippen LogP contribution in [0.3, 0.4) is 0 Å². The van der Waals surface area contributed by atoms with Crippen molar-refractivity contribution in [1.82, 2.24) is 10.2 Å². The Kier molecular flexibility index (Phi) is 5.19. The number of amides is 1. The molecule has 0 bridgehead atoms. The van der Waals surface area contributed by atoms with Crippen LogP contribution in [0.5, 0.6) is 0 Å². The fourth-order valence-corrected chi connectivity index (χ4v) is 1.88. The fraction of sp³-hybridized carbons (Fsp3) is 0.250. The van der Waals surface area contributed by atoms with Crippen molar-refractivity contribution in [3.05, 3.63) is 59.5 Å². The summed E-state index contributed by atoms with van der Waals surface area (Å²) < 4.78 is 5.33. The number of nitrogens with one attached hydrogen (secondary N) is 1. The summed E-state index contributed by atoms with van der Waals surface area (Å²) in [4.78, 5) is 17.4. The van der Waals surface area contributed by atoms with Crippen molar-refractivity contribution in [2.75, 3.05) is 14.1 Å². The van der Waals surface area contributed by atoms with E-state index in [-0.39, 0.29) is 5.76 Å². The maximum Gasteiger partial charge on any atom is 0.284 e. The van der Waals surface area contributed by atoms with E-state index in [0.717, 1.165) is 11.5 Å². The summed E-state index contributed by atoms with van der Waals surface area (Å²) in [5.74, 6) is 0.949. The van der Waals surface area contributed by atoms with Crippen molar-refractivity contribution in [3.63, 3.8) is 0 Å². The van der Waals surface area contributed by atoms with Gasteiger partial charge in [0.25, 0.3) is 5.91 Å². The number of nitrogens with zero attached hydrogens (tertiary/aromatic N) is 2. The van der Waals surface area contributed by atoms with Crippen LogP contribution in [-0.4, -0.2) is 30.9 Å². The second kappa shape index (κ2) is 7.31. The Morgan fingerprint density at radius 2 is 1.95 bits per heavy atom. The minimum absolute atomic E-state index is 0.157. The Morgan fingerprint density at radius 1 is 1.23 bits per heavy atom. The van der Waals surface area contributed by atoms with E-state index in [1.54, 1.807) is 12.1 Å². The van der Waals surface area contributed by atoms with Gasteiger partial charge in [-0.25, -0.2) is 4.99 Å². The first-order valence-corrected chi connectivity index (χ1v) is 6.94. The molecule has 2 aromatic rings. The van der Waals surface area contributed by atoms with Crippen LogP contribution in [0.25, 0.3) is 0 Å². The normalized spacial score (nSPS) is 11.3. The second-order valence-electron chi connectivity index (χ2n) is 5.00. The molecule has 0 unspecified atom stereocenters. The molecule has 0 aliphatic rings. The van der Waals surface area contributed by atoms with E-state index < -0.39 is 5.91 Å². The molecule has 1 amide bonds. The summed E-state index contributed by atoms with van der Waals surface area (Å²) in [5, 5.41) is 3.19. The minimum atomic E-state index is -0.572. The lowest BCUT2D eigenvalue weighted by Gasteiger charge is -2.17. The van der Waals surface area contributed by atoms with Crippen LogP contribution in [0, 0.1) is 0 Å². The molecular formula is C16H20N4O2. The number of carbonyl (C=O) groups excluding carboxylic acids is 1. The zero-order valence-electron chi connectivity index (χ0n) is 12.7. The van der Waals surface area contributed by atoms with Crippen LogP contribution in [-0.2, 0) is 13.1 Å². The van der Waals surface area contributed by atoms with Gasteiger partial charge in [-0.1, -0.05) is 30.3 Å². The van der Waals surface area contributed by atoms with Gasteiger partial charge in [-0.05, 0) is 17.7 Å². The number of aliphatic imine (C=N–C) groups is 1. The molecule has 1 aromatic carbocycles. The number of guanidine groups is 1. The molecule has 0 aliphatic heterocycles. The maximum absolute atomic E-state index is 11.0. The van der Waals surface area contributed by atoms with Gasteiger partial charge in [0, 0.05) is 14.1 Å². The van der Waals surface area contributed by atoms with E-state index in [0.29, 0.717) is 18.8 Å². The molecule has 0 atom stereocenters. The van der Waals surface area contributed by atoms with Crippen LogP contribution in [0.2, 0.25) is 0 Å². The van der Waals surface area contributed by atoms with Gasteiger partial charge in [-0.3, -0.25) is 4.79 Å². The molecule has 0 fully saturated rings. The van der Waals surface area contributed by atoms with Crippen molar-refractivity contribution in [3.8, 4) is 0 Å². The van der Waals surface area contributed by atoms with Crippen LogP contribution in [0.4, 0.5) is 0 Å². The predicted molar refractivity (Wildman–Crippen MR) is 85.3 cm³/mol.